The van der Waals surface area contributed by atoms with E-state index < -0.39 is 0 Å². The number of nitrogens with two attached hydrogens (primary N) is 1. The molecule has 1 fully saturated rings. The second kappa shape index (κ2) is 7.63. The van der Waals surface area contributed by atoms with Gasteiger partial charge in [0.15, 0.2) is 22.1 Å². The fraction of sp³-hybridized carbons (Fsp3) is 0.368. The van der Waals surface area contributed by atoms with E-state index in [9.17, 15) is 4.79 Å². The predicted octanol–water partition coefficient (Wildman–Crippen LogP) is 2.77. The smallest absolute Gasteiger partial charge is 0.222 e. The van der Waals surface area contributed by atoms with Gasteiger partial charge in [-0.25, -0.2) is 15.0 Å². The monoisotopic (exact) mass is 522 g/mol. The first-order valence-corrected chi connectivity index (χ1v) is 11.4. The van der Waals surface area contributed by atoms with Crippen LogP contribution in [0.1, 0.15) is 24.8 Å². The highest BCUT2D eigenvalue weighted by molar-refractivity contribution is 14.1. The van der Waals surface area contributed by atoms with Crippen LogP contribution in [0.25, 0.3) is 11.2 Å². The molecule has 8 nitrogen and oxygen atoms in total. The molecule has 0 bridgehead atoms. The van der Waals surface area contributed by atoms with Gasteiger partial charge >= 0.3 is 0 Å². The number of rotatable bonds is 6. The molecule has 1 aromatic carbocycles. The number of nitrogen functional groups attached to an aromatic ring is 1. The average molecular weight is 522 g/mol. The number of carbonyl (C=O) groups is 1. The van der Waals surface area contributed by atoms with Gasteiger partial charge in [0.25, 0.3) is 0 Å². The summed E-state index contributed by atoms with van der Waals surface area (Å²) < 4.78 is 8.82. The van der Waals surface area contributed by atoms with Crippen molar-refractivity contribution in [3.8, 4) is 5.75 Å². The molecule has 2 aromatic heterocycles. The number of imidazole rings is 1. The van der Waals surface area contributed by atoms with Crippen molar-refractivity contribution < 1.29 is 9.53 Å². The van der Waals surface area contributed by atoms with Crippen molar-refractivity contribution in [2.75, 3.05) is 12.3 Å². The first-order chi connectivity index (χ1) is 14.1. The SMILES string of the molecule is Nc1ncnc2c1nc(Sc1cc3c(cc1I)CCO3)n2CCC(=O)NC1CC1. The molecule has 0 atom stereocenters. The molecule has 1 saturated carbocycles. The lowest BCUT2D eigenvalue weighted by molar-refractivity contribution is -0.121. The van der Waals surface area contributed by atoms with E-state index in [0.29, 0.717) is 36.0 Å². The molecule has 0 spiro atoms. The molecule has 0 radical (unpaired) electrons. The lowest BCUT2D eigenvalue weighted by atomic mass is 10.2. The van der Waals surface area contributed by atoms with E-state index in [1.807, 2.05) is 4.57 Å². The predicted molar refractivity (Wildman–Crippen MR) is 118 cm³/mol. The second-order valence-electron chi connectivity index (χ2n) is 7.16. The maximum atomic E-state index is 12.2. The van der Waals surface area contributed by atoms with E-state index in [1.165, 1.54) is 23.7 Å². The normalized spacial score (nSPS) is 15.3. The Morgan fingerprint density at radius 1 is 1.38 bits per heavy atom. The minimum absolute atomic E-state index is 0.0489. The number of aryl methyl sites for hydroxylation is 1. The largest absolute Gasteiger partial charge is 0.493 e. The molecular weight excluding hydrogens is 503 g/mol. The van der Waals surface area contributed by atoms with Crippen LogP contribution in [0.2, 0.25) is 0 Å². The lowest BCUT2D eigenvalue weighted by Gasteiger charge is -2.10. The van der Waals surface area contributed by atoms with Crippen molar-refractivity contribution in [3.63, 3.8) is 0 Å². The first-order valence-electron chi connectivity index (χ1n) is 9.47. The summed E-state index contributed by atoms with van der Waals surface area (Å²) in [6, 6.07) is 4.57. The third-order valence-electron chi connectivity index (χ3n) is 4.98. The summed E-state index contributed by atoms with van der Waals surface area (Å²) in [6.07, 6.45) is 4.88. The summed E-state index contributed by atoms with van der Waals surface area (Å²) in [6.45, 7) is 1.20. The van der Waals surface area contributed by atoms with Gasteiger partial charge in [0.1, 0.15) is 12.1 Å². The Bertz CT molecular complexity index is 1110. The number of hydrogen-bond acceptors (Lipinski definition) is 7. The van der Waals surface area contributed by atoms with E-state index in [1.54, 1.807) is 0 Å². The van der Waals surface area contributed by atoms with Crippen molar-refractivity contribution in [1.29, 1.82) is 0 Å². The topological polar surface area (TPSA) is 108 Å². The second-order valence-corrected chi connectivity index (χ2v) is 9.33. The van der Waals surface area contributed by atoms with Gasteiger partial charge in [0, 0.05) is 33.9 Å². The summed E-state index contributed by atoms with van der Waals surface area (Å²) in [5, 5.41) is 3.77. The van der Waals surface area contributed by atoms with Crippen LogP contribution < -0.4 is 15.8 Å². The van der Waals surface area contributed by atoms with Crippen LogP contribution in [0.3, 0.4) is 0 Å². The Morgan fingerprint density at radius 3 is 3.07 bits per heavy atom. The van der Waals surface area contributed by atoms with E-state index in [-0.39, 0.29) is 5.91 Å². The number of nitrogens with one attached hydrogen (secondary N) is 1. The summed E-state index contributed by atoms with van der Waals surface area (Å²) >= 11 is 3.87. The van der Waals surface area contributed by atoms with Crippen molar-refractivity contribution in [2.24, 2.45) is 0 Å². The van der Waals surface area contributed by atoms with Crippen LogP contribution in [0, 0.1) is 3.57 Å². The van der Waals surface area contributed by atoms with Gasteiger partial charge in [-0.2, -0.15) is 0 Å². The third kappa shape index (κ3) is 3.87. The van der Waals surface area contributed by atoms with Gasteiger partial charge in [-0.3, -0.25) is 4.79 Å². The molecule has 1 aliphatic heterocycles. The molecule has 150 valence electrons. The number of ether oxygens (including phenoxy) is 1. The summed E-state index contributed by atoms with van der Waals surface area (Å²) in [4.78, 5) is 26.4. The van der Waals surface area contributed by atoms with E-state index in [2.05, 4.69) is 50.0 Å². The Hall–Kier alpha value is -2.08. The molecule has 10 heteroatoms. The number of hydrogen-bond donors (Lipinski definition) is 2. The molecule has 3 heterocycles. The van der Waals surface area contributed by atoms with Crippen molar-refractivity contribution >= 4 is 57.2 Å². The fourth-order valence-corrected chi connectivity index (χ4v) is 5.11. The molecule has 2 aliphatic rings. The molecule has 0 saturated heterocycles. The van der Waals surface area contributed by atoms with Gasteiger partial charge in [-0.05, 0) is 53.1 Å². The van der Waals surface area contributed by atoms with Gasteiger partial charge in [0.05, 0.1) is 6.61 Å². The Balaban J connectivity index is 1.47. The Labute approximate surface area is 185 Å². The summed E-state index contributed by atoms with van der Waals surface area (Å²) in [5.74, 6) is 1.32. The van der Waals surface area contributed by atoms with Crippen LogP contribution in [0.15, 0.2) is 28.5 Å². The highest BCUT2D eigenvalue weighted by atomic mass is 127. The molecule has 3 aromatic rings. The number of fused-ring (bicyclic) bond motifs is 2. The Kier molecular flexibility index (Phi) is 4.98. The van der Waals surface area contributed by atoms with Crippen LogP contribution in [0.4, 0.5) is 5.82 Å². The molecule has 5 rings (SSSR count). The standard InChI is InChI=1S/C19H19IN6O2S/c20-12-7-10-4-6-28-13(10)8-14(12)29-19-25-16-17(21)22-9-23-18(16)26(19)5-3-15(27)24-11-1-2-11/h7-9,11H,1-6H2,(H,24,27)(H2,21,22,23). The zero-order valence-corrected chi connectivity index (χ0v) is 18.5. The number of nitrogens with zero attached hydrogens (tertiary/aromatic N) is 4. The highest BCUT2D eigenvalue weighted by Gasteiger charge is 2.24. The van der Waals surface area contributed by atoms with Crippen molar-refractivity contribution in [3.05, 3.63) is 27.6 Å². The maximum Gasteiger partial charge on any atom is 0.222 e. The van der Waals surface area contributed by atoms with Crippen molar-refractivity contribution in [1.82, 2.24) is 24.8 Å². The number of carbonyl (C=O) groups excluding carboxylic acids is 1. The molecule has 29 heavy (non-hydrogen) atoms. The number of anilines is 1. The van der Waals surface area contributed by atoms with E-state index in [4.69, 9.17) is 15.5 Å². The van der Waals surface area contributed by atoms with Crippen molar-refractivity contribution in [2.45, 2.75) is 48.3 Å². The molecular formula is C19H19IN6O2S. The van der Waals surface area contributed by atoms with Gasteiger partial charge in [0.2, 0.25) is 5.91 Å². The van der Waals surface area contributed by atoms with Gasteiger partial charge in [-0.1, -0.05) is 11.8 Å². The zero-order valence-electron chi connectivity index (χ0n) is 15.5. The van der Waals surface area contributed by atoms with Crippen LogP contribution in [-0.4, -0.2) is 38.1 Å². The number of benzene rings is 1. The number of halogens is 1. The van der Waals surface area contributed by atoms with Crippen LogP contribution in [0.5, 0.6) is 5.75 Å². The Morgan fingerprint density at radius 2 is 2.24 bits per heavy atom. The maximum absolute atomic E-state index is 12.2. The van der Waals surface area contributed by atoms with Crippen LogP contribution in [-0.2, 0) is 17.8 Å². The average Bonchev–Trinajstić information content (AvgIpc) is 3.26. The molecule has 1 aliphatic carbocycles. The van der Waals surface area contributed by atoms with E-state index >= 15 is 0 Å². The summed E-state index contributed by atoms with van der Waals surface area (Å²) in [7, 11) is 0. The van der Waals surface area contributed by atoms with E-state index in [0.717, 1.165) is 45.2 Å². The minimum atomic E-state index is 0.0489. The molecule has 3 N–H and O–H groups in total. The van der Waals surface area contributed by atoms with Crippen LogP contribution >= 0.6 is 34.4 Å². The highest BCUT2D eigenvalue weighted by Crippen LogP contribution is 2.38. The minimum Gasteiger partial charge on any atom is -0.493 e. The van der Waals surface area contributed by atoms with Gasteiger partial charge < -0.3 is 20.4 Å². The third-order valence-corrected chi connectivity index (χ3v) is 7.29. The van der Waals surface area contributed by atoms with Gasteiger partial charge in [-0.15, -0.1) is 0 Å². The first kappa shape index (κ1) is 18.9. The fourth-order valence-electron chi connectivity index (χ4n) is 3.31. The summed E-state index contributed by atoms with van der Waals surface area (Å²) in [5.41, 5.74) is 8.47. The number of amides is 1. The zero-order chi connectivity index (χ0) is 20.0. The molecule has 0 unspecified atom stereocenters. The number of aromatic nitrogens is 4. The lowest BCUT2D eigenvalue weighted by Crippen LogP contribution is -2.26. The quantitative estimate of drug-likeness (QED) is 0.480. The molecule has 1 amide bonds.